The number of aromatic amines is 1. The zero-order chi connectivity index (χ0) is 19.6. The first kappa shape index (κ1) is 18.8. The summed E-state index contributed by atoms with van der Waals surface area (Å²) in [6, 6.07) is 12.6. The van der Waals surface area contributed by atoms with Crippen LogP contribution in [-0.2, 0) is 0 Å². The molecule has 0 aliphatic rings. The normalized spacial score (nSPS) is 10.7. The second kappa shape index (κ2) is 7.72. The zero-order valence-corrected chi connectivity index (χ0v) is 16.0. The van der Waals surface area contributed by atoms with Gasteiger partial charge in [-0.25, -0.2) is 0 Å². The third kappa shape index (κ3) is 3.36. The smallest absolute Gasteiger partial charge is 0.267 e. The highest BCUT2D eigenvalue weighted by Crippen LogP contribution is 2.31. The number of H-pyrrole nitrogens is 1. The van der Waals surface area contributed by atoms with Crippen LogP contribution in [0.5, 0.6) is 5.75 Å². The van der Waals surface area contributed by atoms with Crippen LogP contribution in [0.25, 0.3) is 10.9 Å². The number of hydrogen-bond donors (Lipinski definition) is 2. The lowest BCUT2D eigenvalue weighted by Gasteiger charge is -2.23. The molecule has 2 N–H and O–H groups in total. The first-order valence-electron chi connectivity index (χ1n) is 8.70. The lowest BCUT2D eigenvalue weighted by atomic mass is 10.0. The zero-order valence-electron chi connectivity index (χ0n) is 15.2. The summed E-state index contributed by atoms with van der Waals surface area (Å²) in [5.41, 5.74) is 1.68. The van der Waals surface area contributed by atoms with Gasteiger partial charge in [0, 0.05) is 28.5 Å². The molecular weight excluding hydrogens is 360 g/mol. The molecule has 0 aliphatic heterocycles. The summed E-state index contributed by atoms with van der Waals surface area (Å²) in [5, 5.41) is 12.7. The number of benzene rings is 2. The predicted molar refractivity (Wildman–Crippen MR) is 112 cm³/mol. The van der Waals surface area contributed by atoms with Crippen molar-refractivity contribution >= 4 is 40.1 Å². The van der Waals surface area contributed by atoms with Gasteiger partial charge in [0.1, 0.15) is 11.3 Å². The van der Waals surface area contributed by atoms with Crippen molar-refractivity contribution in [3.63, 3.8) is 0 Å². The molecule has 1 heterocycles. The molecule has 0 fully saturated rings. The van der Waals surface area contributed by atoms with E-state index in [1.54, 1.807) is 18.2 Å². The number of nitrogens with one attached hydrogen (secondary N) is 1. The van der Waals surface area contributed by atoms with Gasteiger partial charge >= 0.3 is 0 Å². The van der Waals surface area contributed by atoms with Crippen molar-refractivity contribution in [3.8, 4) is 5.75 Å². The molecule has 0 unspecified atom stereocenters. The van der Waals surface area contributed by atoms with E-state index in [2.05, 4.69) is 4.98 Å². The lowest BCUT2D eigenvalue weighted by Crippen LogP contribution is -2.35. The molecule has 3 aromatic rings. The number of carbonyl (C=O) groups is 1. The summed E-state index contributed by atoms with van der Waals surface area (Å²) in [6.07, 6.45) is 0.706. The quantitative estimate of drug-likeness (QED) is 0.658. The van der Waals surface area contributed by atoms with Crippen molar-refractivity contribution < 1.29 is 9.90 Å². The summed E-state index contributed by atoms with van der Waals surface area (Å²) >= 11 is 5.08. The topological polar surface area (TPSA) is 73.4 Å². The number of carbonyl (C=O) groups excluding carboxylic acids is 1. The van der Waals surface area contributed by atoms with Crippen molar-refractivity contribution in [3.05, 3.63) is 69.5 Å². The second-order valence-electron chi connectivity index (χ2n) is 6.31. The number of thiocarbonyl (C=S) groups is 1. The van der Waals surface area contributed by atoms with Gasteiger partial charge in [-0.3, -0.25) is 9.59 Å². The predicted octanol–water partition coefficient (Wildman–Crippen LogP) is 3.95. The molecule has 27 heavy (non-hydrogen) atoms. The maximum atomic E-state index is 13.2. The lowest BCUT2D eigenvalue weighted by molar-refractivity contribution is 0.0983. The van der Waals surface area contributed by atoms with Crippen LogP contribution in [0.15, 0.2) is 47.3 Å². The van der Waals surface area contributed by atoms with Crippen molar-refractivity contribution in [2.45, 2.75) is 20.3 Å². The van der Waals surface area contributed by atoms with E-state index in [1.807, 2.05) is 38.1 Å². The highest BCUT2D eigenvalue weighted by atomic mass is 32.1. The van der Waals surface area contributed by atoms with Gasteiger partial charge in [-0.15, -0.1) is 0 Å². The number of pyridine rings is 1. The van der Waals surface area contributed by atoms with Crippen LogP contribution in [0, 0.1) is 6.92 Å². The van der Waals surface area contributed by atoms with E-state index in [-0.39, 0.29) is 11.3 Å². The molecule has 1 amide bonds. The molecule has 2 aromatic carbocycles. The number of fused-ring (bicyclic) bond motifs is 1. The number of aromatic hydroxyl groups is 1. The Hall–Kier alpha value is -2.99. The van der Waals surface area contributed by atoms with Crippen molar-refractivity contribution in [1.82, 2.24) is 4.98 Å². The molecule has 1 aromatic heterocycles. The minimum Gasteiger partial charge on any atom is -0.506 e. The Bertz CT molecular complexity index is 1070. The fourth-order valence-corrected chi connectivity index (χ4v) is 3.47. The van der Waals surface area contributed by atoms with Crippen LogP contribution in [0.3, 0.4) is 0 Å². The Morgan fingerprint density at radius 2 is 1.93 bits per heavy atom. The molecule has 0 saturated carbocycles. The number of anilines is 1. The van der Waals surface area contributed by atoms with Crippen molar-refractivity contribution in [1.29, 1.82) is 0 Å². The van der Waals surface area contributed by atoms with Gasteiger partial charge in [-0.2, -0.15) is 0 Å². The Kier molecular flexibility index (Phi) is 5.37. The summed E-state index contributed by atoms with van der Waals surface area (Å²) in [6.45, 7) is 4.23. The van der Waals surface area contributed by atoms with Crippen LogP contribution < -0.4 is 10.5 Å². The standard InChI is InChI=1S/C21H20N2O3S/c1-3-11-23(14-7-5-4-6-8-14)21(26)18-19(24)17-15(12-27)13(2)9-10-16(17)22-20(18)25/h4-10,12H,3,11H2,1-2H3,(H2,22,24,25). The van der Waals surface area contributed by atoms with Gasteiger partial charge in [0.05, 0.1) is 5.52 Å². The molecule has 0 aliphatic carbocycles. The number of aryl methyl sites for hydroxylation is 1. The number of hydrogen-bond acceptors (Lipinski definition) is 4. The number of rotatable bonds is 5. The summed E-state index contributed by atoms with van der Waals surface area (Å²) < 4.78 is 0. The van der Waals surface area contributed by atoms with Crippen LogP contribution >= 0.6 is 12.2 Å². The van der Waals surface area contributed by atoms with Gasteiger partial charge < -0.3 is 15.0 Å². The van der Waals surface area contributed by atoms with Crippen LogP contribution in [0.1, 0.15) is 34.8 Å². The minimum absolute atomic E-state index is 0.275. The average molecular weight is 380 g/mol. The van der Waals surface area contributed by atoms with Gasteiger partial charge in [-0.1, -0.05) is 43.4 Å². The van der Waals surface area contributed by atoms with Crippen molar-refractivity contribution in [2.75, 3.05) is 11.4 Å². The number of para-hydroxylation sites is 1. The van der Waals surface area contributed by atoms with E-state index in [0.29, 0.717) is 35.1 Å². The van der Waals surface area contributed by atoms with Crippen LogP contribution in [0.4, 0.5) is 5.69 Å². The maximum Gasteiger partial charge on any atom is 0.267 e. The number of nitrogens with zero attached hydrogens (tertiary/aromatic N) is 1. The van der Waals surface area contributed by atoms with E-state index in [1.165, 1.54) is 10.3 Å². The molecule has 5 nitrogen and oxygen atoms in total. The largest absolute Gasteiger partial charge is 0.506 e. The Morgan fingerprint density at radius 1 is 1.22 bits per heavy atom. The molecule has 0 saturated heterocycles. The second-order valence-corrected chi connectivity index (χ2v) is 6.54. The molecule has 0 atom stereocenters. The summed E-state index contributed by atoms with van der Waals surface area (Å²) in [5.74, 6) is -0.879. The fraction of sp³-hybridized carbons (Fsp3) is 0.190. The summed E-state index contributed by atoms with van der Waals surface area (Å²) in [4.78, 5) is 30.0. The first-order chi connectivity index (χ1) is 13.0. The Balaban J connectivity index is 2.25. The van der Waals surface area contributed by atoms with E-state index in [9.17, 15) is 14.7 Å². The number of aromatic nitrogens is 1. The highest BCUT2D eigenvalue weighted by molar-refractivity contribution is 7.79. The Labute approximate surface area is 162 Å². The molecule has 0 bridgehead atoms. The minimum atomic E-state index is -0.624. The maximum absolute atomic E-state index is 13.2. The molecule has 6 heteroatoms. The van der Waals surface area contributed by atoms with Crippen LogP contribution in [0.2, 0.25) is 0 Å². The van der Waals surface area contributed by atoms with Gasteiger partial charge in [0.15, 0.2) is 0 Å². The molecule has 3 rings (SSSR count). The van der Waals surface area contributed by atoms with E-state index in [4.69, 9.17) is 12.2 Å². The van der Waals surface area contributed by atoms with Crippen molar-refractivity contribution in [2.24, 2.45) is 0 Å². The Morgan fingerprint density at radius 3 is 2.56 bits per heavy atom. The molecule has 0 radical (unpaired) electrons. The highest BCUT2D eigenvalue weighted by Gasteiger charge is 2.26. The van der Waals surface area contributed by atoms with E-state index < -0.39 is 11.5 Å². The molecule has 138 valence electrons. The van der Waals surface area contributed by atoms with E-state index in [0.717, 1.165) is 5.56 Å². The SMILES string of the molecule is CCCN(C(=O)c1c(O)c2c(C=S)c(C)ccc2[nH]c1=O)c1ccccc1. The number of amides is 1. The van der Waals surface area contributed by atoms with Gasteiger partial charge in [0.25, 0.3) is 11.5 Å². The third-order valence-electron chi connectivity index (χ3n) is 4.50. The fourth-order valence-electron chi connectivity index (χ4n) is 3.17. The van der Waals surface area contributed by atoms with E-state index >= 15 is 0 Å². The molecule has 0 spiro atoms. The van der Waals surface area contributed by atoms with Gasteiger partial charge in [0.2, 0.25) is 0 Å². The third-order valence-corrected chi connectivity index (χ3v) is 4.74. The average Bonchev–Trinajstić information content (AvgIpc) is 2.67. The first-order valence-corrected chi connectivity index (χ1v) is 9.17. The molecular formula is C21H20N2O3S. The van der Waals surface area contributed by atoms with Crippen LogP contribution in [-0.4, -0.2) is 27.9 Å². The van der Waals surface area contributed by atoms with Gasteiger partial charge in [-0.05, 0) is 37.1 Å². The monoisotopic (exact) mass is 380 g/mol. The summed E-state index contributed by atoms with van der Waals surface area (Å²) in [7, 11) is 0.